The number of carbonyl (C=O) groups is 1. The molecule has 0 N–H and O–H groups in total. The van der Waals surface area contributed by atoms with E-state index in [9.17, 15) is 10.1 Å². The highest BCUT2D eigenvalue weighted by Gasteiger charge is 2.38. The molecule has 0 spiro atoms. The van der Waals surface area contributed by atoms with E-state index in [1.807, 2.05) is 29.0 Å². The van der Waals surface area contributed by atoms with Gasteiger partial charge in [0.2, 0.25) is 5.91 Å². The second-order valence-electron chi connectivity index (χ2n) is 6.47. The molecular weight excluding hydrogens is 366 g/mol. The molecule has 0 bridgehead atoms. The summed E-state index contributed by atoms with van der Waals surface area (Å²) in [5.74, 6) is 1.08. The van der Waals surface area contributed by atoms with Crippen molar-refractivity contribution in [2.45, 2.75) is 56.3 Å². The van der Waals surface area contributed by atoms with Gasteiger partial charge in [-0.1, -0.05) is 37.1 Å². The van der Waals surface area contributed by atoms with Crippen LogP contribution in [0.2, 0.25) is 0 Å². The molecule has 26 heavy (non-hydrogen) atoms. The zero-order valence-electron chi connectivity index (χ0n) is 15.1. The molecule has 1 amide bonds. The lowest BCUT2D eigenvalue weighted by Gasteiger charge is -2.39. The molecule has 0 aliphatic heterocycles. The van der Waals surface area contributed by atoms with Crippen LogP contribution < -0.4 is 0 Å². The molecule has 0 radical (unpaired) electrons. The third-order valence-corrected chi connectivity index (χ3v) is 6.82. The lowest BCUT2D eigenvalue weighted by molar-refractivity contribution is -0.131. The van der Waals surface area contributed by atoms with Gasteiger partial charge in [-0.2, -0.15) is 5.26 Å². The molecule has 2 aromatic heterocycles. The minimum atomic E-state index is -0.642. The molecule has 1 aliphatic carbocycles. The summed E-state index contributed by atoms with van der Waals surface area (Å²) in [6.07, 6.45) is 4.69. The number of hydrogen-bond donors (Lipinski definition) is 0. The monoisotopic (exact) mass is 389 g/mol. The van der Waals surface area contributed by atoms with E-state index >= 15 is 0 Å². The first-order valence-electron chi connectivity index (χ1n) is 8.89. The fourth-order valence-corrected chi connectivity index (χ4v) is 5.02. The minimum absolute atomic E-state index is 0.0261. The third kappa shape index (κ3) is 3.64. The van der Waals surface area contributed by atoms with Gasteiger partial charge in [0.15, 0.2) is 11.0 Å². The van der Waals surface area contributed by atoms with Gasteiger partial charge in [0, 0.05) is 13.6 Å². The molecule has 6 nitrogen and oxygen atoms in total. The Morgan fingerprint density at radius 2 is 2.19 bits per heavy atom. The Bertz CT molecular complexity index is 787. The normalized spacial score (nSPS) is 16.2. The molecule has 0 aromatic carbocycles. The van der Waals surface area contributed by atoms with Crippen molar-refractivity contribution in [2.24, 2.45) is 0 Å². The van der Waals surface area contributed by atoms with Gasteiger partial charge in [0.25, 0.3) is 0 Å². The van der Waals surface area contributed by atoms with Gasteiger partial charge >= 0.3 is 0 Å². The van der Waals surface area contributed by atoms with Crippen LogP contribution in [-0.4, -0.2) is 43.9 Å². The van der Waals surface area contributed by atoms with Crippen LogP contribution in [0.1, 0.15) is 39.0 Å². The van der Waals surface area contributed by atoms with E-state index in [4.69, 9.17) is 0 Å². The van der Waals surface area contributed by atoms with Crippen LogP contribution in [0.4, 0.5) is 0 Å². The summed E-state index contributed by atoms with van der Waals surface area (Å²) in [6, 6.07) is 6.42. The molecule has 0 saturated heterocycles. The molecule has 138 valence electrons. The average Bonchev–Trinajstić information content (AvgIpc) is 3.34. The van der Waals surface area contributed by atoms with Gasteiger partial charge in [-0.05, 0) is 31.2 Å². The Labute approximate surface area is 162 Å². The first-order valence-corrected chi connectivity index (χ1v) is 10.8. The van der Waals surface area contributed by atoms with Crippen molar-refractivity contribution in [3.63, 3.8) is 0 Å². The summed E-state index contributed by atoms with van der Waals surface area (Å²) >= 11 is 3.02. The van der Waals surface area contributed by atoms with Crippen molar-refractivity contribution in [1.29, 1.82) is 5.26 Å². The second-order valence-corrected chi connectivity index (χ2v) is 8.36. The summed E-state index contributed by atoms with van der Waals surface area (Å²) in [5, 5.41) is 21.0. The Morgan fingerprint density at radius 3 is 2.81 bits per heavy atom. The molecule has 1 aliphatic rings. The predicted octanol–water partition coefficient (Wildman–Crippen LogP) is 3.80. The van der Waals surface area contributed by atoms with E-state index in [0.717, 1.165) is 54.5 Å². The van der Waals surface area contributed by atoms with Crippen LogP contribution in [0.25, 0.3) is 10.7 Å². The van der Waals surface area contributed by atoms with Crippen molar-refractivity contribution in [3.8, 4) is 16.8 Å². The number of amides is 1. The number of thiophene rings is 1. The van der Waals surface area contributed by atoms with Crippen molar-refractivity contribution < 1.29 is 4.79 Å². The smallest absolute Gasteiger partial charge is 0.234 e. The topological polar surface area (TPSA) is 74.8 Å². The summed E-state index contributed by atoms with van der Waals surface area (Å²) < 4.78 is 2.03. The van der Waals surface area contributed by atoms with Crippen molar-refractivity contribution in [1.82, 2.24) is 19.7 Å². The number of aromatic nitrogens is 3. The van der Waals surface area contributed by atoms with Crippen LogP contribution >= 0.6 is 23.1 Å². The maximum absolute atomic E-state index is 12.7. The summed E-state index contributed by atoms with van der Waals surface area (Å²) in [4.78, 5) is 15.4. The number of thioether (sulfide) groups is 1. The Hall–Kier alpha value is -1.85. The molecule has 8 heteroatoms. The highest BCUT2D eigenvalue weighted by atomic mass is 32.2. The van der Waals surface area contributed by atoms with Gasteiger partial charge < -0.3 is 9.47 Å². The largest absolute Gasteiger partial charge is 0.326 e. The molecule has 1 fully saturated rings. The molecular formula is C18H23N5OS2. The van der Waals surface area contributed by atoms with E-state index in [1.54, 1.807) is 23.3 Å². The SMILES string of the molecule is CCn1c(SCC(=O)N(C)C2(C#N)CCCCC2)nnc1-c1cccs1. The Kier molecular flexibility index (Phi) is 5.99. The van der Waals surface area contributed by atoms with Crippen LogP contribution in [0.3, 0.4) is 0 Å². The summed E-state index contributed by atoms with van der Waals surface area (Å²) in [5.41, 5.74) is -0.642. The van der Waals surface area contributed by atoms with E-state index in [0.29, 0.717) is 0 Å². The van der Waals surface area contributed by atoms with Crippen molar-refractivity contribution in [3.05, 3.63) is 17.5 Å². The highest BCUT2D eigenvalue weighted by Crippen LogP contribution is 2.33. The fourth-order valence-electron chi connectivity index (χ4n) is 3.39. The molecule has 3 rings (SSSR count). The zero-order chi connectivity index (χ0) is 18.6. The second kappa shape index (κ2) is 8.23. The maximum atomic E-state index is 12.7. The summed E-state index contributed by atoms with van der Waals surface area (Å²) in [6.45, 7) is 2.79. The Morgan fingerprint density at radius 1 is 1.42 bits per heavy atom. The first kappa shape index (κ1) is 18.9. The van der Waals surface area contributed by atoms with Crippen molar-refractivity contribution in [2.75, 3.05) is 12.8 Å². The first-order chi connectivity index (χ1) is 12.6. The van der Waals surface area contributed by atoms with Crippen molar-refractivity contribution >= 4 is 29.0 Å². The predicted molar refractivity (Wildman–Crippen MR) is 104 cm³/mol. The summed E-state index contributed by atoms with van der Waals surface area (Å²) in [7, 11) is 1.76. The van der Waals surface area contributed by atoms with E-state index in [1.165, 1.54) is 11.8 Å². The van der Waals surface area contributed by atoms with Gasteiger partial charge in [-0.15, -0.1) is 21.5 Å². The van der Waals surface area contributed by atoms with E-state index in [-0.39, 0.29) is 11.7 Å². The highest BCUT2D eigenvalue weighted by molar-refractivity contribution is 7.99. The maximum Gasteiger partial charge on any atom is 0.234 e. The molecule has 2 heterocycles. The van der Waals surface area contributed by atoms with Crippen LogP contribution in [0.5, 0.6) is 0 Å². The number of rotatable bonds is 6. The number of hydrogen-bond acceptors (Lipinski definition) is 6. The third-order valence-electron chi connectivity index (χ3n) is 5.00. The van der Waals surface area contributed by atoms with E-state index in [2.05, 4.69) is 16.3 Å². The molecule has 2 aromatic rings. The van der Waals surface area contributed by atoms with Crippen LogP contribution in [0.15, 0.2) is 22.7 Å². The van der Waals surface area contributed by atoms with Gasteiger partial charge in [0.05, 0.1) is 16.7 Å². The lowest BCUT2D eigenvalue weighted by atomic mass is 9.81. The zero-order valence-corrected chi connectivity index (χ0v) is 16.8. The van der Waals surface area contributed by atoms with Gasteiger partial charge in [-0.25, -0.2) is 0 Å². The van der Waals surface area contributed by atoms with E-state index < -0.39 is 5.54 Å². The van der Waals surface area contributed by atoms with Crippen LogP contribution in [0, 0.1) is 11.3 Å². The fraction of sp³-hybridized carbons (Fsp3) is 0.556. The lowest BCUT2D eigenvalue weighted by Crippen LogP contribution is -2.50. The van der Waals surface area contributed by atoms with Gasteiger partial charge in [-0.3, -0.25) is 4.79 Å². The number of carbonyl (C=O) groups excluding carboxylic acids is 1. The standard InChI is InChI=1S/C18H23N5OS2/c1-3-23-16(14-8-7-11-25-14)20-21-17(23)26-12-15(24)22(2)18(13-19)9-5-4-6-10-18/h7-8,11H,3-6,9-10,12H2,1-2H3. The minimum Gasteiger partial charge on any atom is -0.326 e. The molecule has 0 unspecified atom stereocenters. The Balaban J connectivity index is 1.69. The van der Waals surface area contributed by atoms with Gasteiger partial charge in [0.1, 0.15) is 5.54 Å². The number of nitriles is 1. The number of nitrogens with zero attached hydrogens (tertiary/aromatic N) is 5. The quantitative estimate of drug-likeness (QED) is 0.703. The average molecular weight is 390 g/mol. The molecule has 0 atom stereocenters. The van der Waals surface area contributed by atoms with Crippen LogP contribution in [-0.2, 0) is 11.3 Å². The molecule has 1 saturated carbocycles.